The number of likely N-dealkylation sites (N-methyl/N-ethyl adjacent to an activating group) is 1. The molecule has 0 aromatic heterocycles. The average molecular weight is 203 g/mol. The van der Waals surface area contributed by atoms with Gasteiger partial charge in [0.15, 0.2) is 6.29 Å². The molecular formula is C11H25NO2. The fraction of sp³-hybridized carbons (Fsp3) is 1.00. The molecule has 0 heterocycles. The first-order chi connectivity index (χ1) is 6.65. The van der Waals surface area contributed by atoms with Gasteiger partial charge in [-0.2, -0.15) is 0 Å². The summed E-state index contributed by atoms with van der Waals surface area (Å²) >= 11 is 0. The summed E-state index contributed by atoms with van der Waals surface area (Å²) < 4.78 is 10.5. The molecule has 0 aliphatic heterocycles. The van der Waals surface area contributed by atoms with Crippen LogP contribution in [-0.4, -0.2) is 33.1 Å². The molecule has 0 bridgehead atoms. The van der Waals surface area contributed by atoms with Gasteiger partial charge in [0.2, 0.25) is 0 Å². The standard InChI is InChI=1S/C11H25NO2/c1-6-12-10(8-7-9(2)3)11(13-4)14-5/h9-12H,6-8H2,1-5H3. The van der Waals surface area contributed by atoms with Crippen molar-refractivity contribution < 1.29 is 9.47 Å². The van der Waals surface area contributed by atoms with Crippen LogP contribution in [-0.2, 0) is 9.47 Å². The Balaban J connectivity index is 3.98. The lowest BCUT2D eigenvalue weighted by atomic mass is 10.0. The van der Waals surface area contributed by atoms with Gasteiger partial charge in [-0.3, -0.25) is 0 Å². The largest absolute Gasteiger partial charge is 0.354 e. The number of nitrogens with one attached hydrogen (secondary N) is 1. The van der Waals surface area contributed by atoms with Crippen LogP contribution in [0.1, 0.15) is 33.6 Å². The van der Waals surface area contributed by atoms with Gasteiger partial charge in [0, 0.05) is 14.2 Å². The summed E-state index contributed by atoms with van der Waals surface area (Å²) in [6.45, 7) is 7.52. The molecule has 0 aliphatic carbocycles. The van der Waals surface area contributed by atoms with Crippen LogP contribution in [0.15, 0.2) is 0 Å². The Hall–Kier alpha value is -0.120. The molecule has 0 spiro atoms. The van der Waals surface area contributed by atoms with Crippen LogP contribution in [0.3, 0.4) is 0 Å². The zero-order valence-corrected chi connectivity index (χ0v) is 10.2. The Morgan fingerprint density at radius 3 is 2.00 bits per heavy atom. The molecular weight excluding hydrogens is 178 g/mol. The molecule has 0 aromatic rings. The second-order valence-corrected chi connectivity index (χ2v) is 3.98. The Morgan fingerprint density at radius 1 is 1.07 bits per heavy atom. The van der Waals surface area contributed by atoms with Crippen LogP contribution in [0, 0.1) is 5.92 Å². The monoisotopic (exact) mass is 203 g/mol. The lowest BCUT2D eigenvalue weighted by Crippen LogP contribution is -2.42. The third kappa shape index (κ3) is 5.58. The van der Waals surface area contributed by atoms with Gasteiger partial charge in [-0.15, -0.1) is 0 Å². The molecule has 1 unspecified atom stereocenters. The van der Waals surface area contributed by atoms with E-state index >= 15 is 0 Å². The third-order valence-corrected chi connectivity index (χ3v) is 2.31. The van der Waals surface area contributed by atoms with Gasteiger partial charge in [0.25, 0.3) is 0 Å². The van der Waals surface area contributed by atoms with Gasteiger partial charge in [-0.05, 0) is 25.3 Å². The van der Waals surface area contributed by atoms with E-state index in [2.05, 4.69) is 26.1 Å². The second kappa shape index (κ2) is 8.21. The van der Waals surface area contributed by atoms with Gasteiger partial charge in [0.1, 0.15) is 0 Å². The van der Waals surface area contributed by atoms with E-state index in [4.69, 9.17) is 9.47 Å². The van der Waals surface area contributed by atoms with Gasteiger partial charge >= 0.3 is 0 Å². The summed E-state index contributed by atoms with van der Waals surface area (Å²) in [6, 6.07) is 0.303. The number of rotatable bonds is 8. The number of hydrogen-bond donors (Lipinski definition) is 1. The van der Waals surface area contributed by atoms with Crippen LogP contribution in [0.4, 0.5) is 0 Å². The van der Waals surface area contributed by atoms with Crippen LogP contribution >= 0.6 is 0 Å². The van der Waals surface area contributed by atoms with Gasteiger partial charge in [0.05, 0.1) is 6.04 Å². The van der Waals surface area contributed by atoms with E-state index in [9.17, 15) is 0 Å². The van der Waals surface area contributed by atoms with E-state index in [0.29, 0.717) is 6.04 Å². The fourth-order valence-corrected chi connectivity index (χ4v) is 1.53. The van der Waals surface area contributed by atoms with Gasteiger partial charge in [-0.1, -0.05) is 20.8 Å². The normalized spacial score (nSPS) is 13.9. The first-order valence-electron chi connectivity index (χ1n) is 5.44. The summed E-state index contributed by atoms with van der Waals surface area (Å²) in [7, 11) is 3.38. The molecule has 3 nitrogen and oxygen atoms in total. The topological polar surface area (TPSA) is 30.5 Å². The highest BCUT2D eigenvalue weighted by Gasteiger charge is 2.19. The average Bonchev–Trinajstić information content (AvgIpc) is 2.15. The summed E-state index contributed by atoms with van der Waals surface area (Å²) in [6.07, 6.45) is 2.16. The predicted molar refractivity (Wildman–Crippen MR) is 59.3 cm³/mol. The van der Waals surface area contributed by atoms with E-state index in [-0.39, 0.29) is 6.29 Å². The van der Waals surface area contributed by atoms with Crippen molar-refractivity contribution in [2.75, 3.05) is 20.8 Å². The van der Waals surface area contributed by atoms with E-state index < -0.39 is 0 Å². The van der Waals surface area contributed by atoms with E-state index in [1.807, 2.05) is 0 Å². The Kier molecular flexibility index (Phi) is 8.14. The molecule has 0 amide bonds. The van der Waals surface area contributed by atoms with Crippen LogP contribution < -0.4 is 5.32 Å². The highest BCUT2D eigenvalue weighted by atomic mass is 16.7. The molecule has 1 N–H and O–H groups in total. The number of ether oxygens (including phenoxy) is 2. The Labute approximate surface area is 88.2 Å². The van der Waals surface area contributed by atoms with E-state index in [0.717, 1.165) is 18.9 Å². The summed E-state index contributed by atoms with van der Waals surface area (Å²) in [4.78, 5) is 0. The summed E-state index contributed by atoms with van der Waals surface area (Å²) in [5.41, 5.74) is 0. The van der Waals surface area contributed by atoms with Crippen LogP contribution in [0.25, 0.3) is 0 Å². The first kappa shape index (κ1) is 13.9. The van der Waals surface area contributed by atoms with Crippen molar-refractivity contribution in [1.29, 1.82) is 0 Å². The highest BCUT2D eigenvalue weighted by Crippen LogP contribution is 2.11. The second-order valence-electron chi connectivity index (χ2n) is 3.98. The van der Waals surface area contributed by atoms with Crippen LogP contribution in [0.5, 0.6) is 0 Å². The number of methoxy groups -OCH3 is 2. The van der Waals surface area contributed by atoms with Crippen molar-refractivity contribution in [3.63, 3.8) is 0 Å². The van der Waals surface area contributed by atoms with E-state index in [1.54, 1.807) is 14.2 Å². The maximum Gasteiger partial charge on any atom is 0.171 e. The fourth-order valence-electron chi connectivity index (χ4n) is 1.53. The van der Waals surface area contributed by atoms with Crippen LogP contribution in [0.2, 0.25) is 0 Å². The molecule has 1 atom stereocenters. The van der Waals surface area contributed by atoms with E-state index in [1.165, 1.54) is 6.42 Å². The number of hydrogen-bond acceptors (Lipinski definition) is 3. The van der Waals surface area contributed by atoms with Gasteiger partial charge < -0.3 is 14.8 Å². The van der Waals surface area contributed by atoms with Crippen molar-refractivity contribution in [3.05, 3.63) is 0 Å². The van der Waals surface area contributed by atoms with Gasteiger partial charge in [-0.25, -0.2) is 0 Å². The Bertz CT molecular complexity index is 124. The van der Waals surface area contributed by atoms with Crippen molar-refractivity contribution in [3.8, 4) is 0 Å². The minimum Gasteiger partial charge on any atom is -0.354 e. The molecule has 0 radical (unpaired) electrons. The molecule has 0 fully saturated rings. The zero-order chi connectivity index (χ0) is 11.0. The molecule has 14 heavy (non-hydrogen) atoms. The smallest absolute Gasteiger partial charge is 0.171 e. The zero-order valence-electron chi connectivity index (χ0n) is 10.2. The molecule has 3 heteroatoms. The van der Waals surface area contributed by atoms with Crippen molar-refractivity contribution in [2.45, 2.75) is 45.9 Å². The maximum atomic E-state index is 5.26. The minimum atomic E-state index is -0.131. The molecule has 0 saturated heterocycles. The molecule has 0 aromatic carbocycles. The molecule has 0 rings (SSSR count). The summed E-state index contributed by atoms with van der Waals surface area (Å²) in [5.74, 6) is 0.727. The van der Waals surface area contributed by atoms with Crippen molar-refractivity contribution >= 4 is 0 Å². The maximum absolute atomic E-state index is 5.26. The Morgan fingerprint density at radius 2 is 1.64 bits per heavy atom. The lowest BCUT2D eigenvalue weighted by molar-refractivity contribution is -0.124. The lowest BCUT2D eigenvalue weighted by Gasteiger charge is -2.26. The predicted octanol–water partition coefficient (Wildman–Crippen LogP) is 2.02. The highest BCUT2D eigenvalue weighted by molar-refractivity contribution is 4.70. The SMILES string of the molecule is CCNC(CCC(C)C)C(OC)OC. The molecule has 86 valence electrons. The first-order valence-corrected chi connectivity index (χ1v) is 5.44. The molecule has 0 saturated carbocycles. The molecule has 0 aliphatic rings. The minimum absolute atomic E-state index is 0.131. The summed E-state index contributed by atoms with van der Waals surface area (Å²) in [5, 5.41) is 3.39. The van der Waals surface area contributed by atoms with Crippen molar-refractivity contribution in [1.82, 2.24) is 5.32 Å². The van der Waals surface area contributed by atoms with Crippen molar-refractivity contribution in [2.24, 2.45) is 5.92 Å². The quantitative estimate of drug-likeness (QED) is 0.612. The third-order valence-electron chi connectivity index (χ3n) is 2.31.